The molecule has 7 heteroatoms. The molecule has 0 saturated carbocycles. The molecule has 0 bridgehead atoms. The first-order chi connectivity index (χ1) is 10.8. The molecule has 0 aliphatic carbocycles. The molecule has 1 saturated heterocycles. The minimum atomic E-state index is -4.45. The molecule has 1 aliphatic heterocycles. The average Bonchev–Trinajstić information content (AvgIpc) is 2.51. The molecule has 1 amide bonds. The van der Waals surface area contributed by atoms with Crippen molar-refractivity contribution in [3.8, 4) is 5.75 Å². The summed E-state index contributed by atoms with van der Waals surface area (Å²) < 4.78 is 44.5. The topological polar surface area (TPSA) is 55.6 Å². The van der Waals surface area contributed by atoms with Crippen LogP contribution in [0.1, 0.15) is 25.3 Å². The second-order valence-electron chi connectivity index (χ2n) is 5.73. The predicted octanol–water partition coefficient (Wildman–Crippen LogP) is 2.51. The highest BCUT2D eigenvalue weighted by molar-refractivity contribution is 5.78. The standard InChI is InChI=1S/C16H21F3N2O2/c1-2-11-3-6-13(7-4-11)23-10-15(22)21-9-12(20)5-8-14(21)16(17,18)19/h3-4,6-7,12,14H,2,5,8-10,20H2,1H3. The number of aryl methyl sites for hydroxylation is 1. The van der Waals surface area contributed by atoms with Crippen LogP contribution in [-0.2, 0) is 11.2 Å². The monoisotopic (exact) mass is 330 g/mol. The third-order valence-electron chi connectivity index (χ3n) is 4.01. The quantitative estimate of drug-likeness (QED) is 0.923. The van der Waals surface area contributed by atoms with E-state index in [4.69, 9.17) is 10.5 Å². The van der Waals surface area contributed by atoms with E-state index >= 15 is 0 Å². The van der Waals surface area contributed by atoms with Crippen molar-refractivity contribution in [1.29, 1.82) is 0 Å². The van der Waals surface area contributed by atoms with Gasteiger partial charge in [0, 0.05) is 12.6 Å². The lowest BCUT2D eigenvalue weighted by molar-refractivity contribution is -0.197. The fraction of sp³-hybridized carbons (Fsp3) is 0.562. The van der Waals surface area contributed by atoms with Crippen LogP contribution in [0.25, 0.3) is 0 Å². The normalized spacial score (nSPS) is 22.0. The van der Waals surface area contributed by atoms with Gasteiger partial charge in [-0.15, -0.1) is 0 Å². The maximum absolute atomic E-state index is 13.0. The number of piperidine rings is 1. The van der Waals surface area contributed by atoms with Crippen molar-refractivity contribution in [3.05, 3.63) is 29.8 Å². The summed E-state index contributed by atoms with van der Waals surface area (Å²) >= 11 is 0. The fourth-order valence-corrected chi connectivity index (χ4v) is 2.66. The van der Waals surface area contributed by atoms with Gasteiger partial charge in [0.15, 0.2) is 6.61 Å². The number of likely N-dealkylation sites (tertiary alicyclic amines) is 1. The number of rotatable bonds is 4. The van der Waals surface area contributed by atoms with E-state index in [9.17, 15) is 18.0 Å². The average molecular weight is 330 g/mol. The van der Waals surface area contributed by atoms with Gasteiger partial charge in [0.1, 0.15) is 11.8 Å². The van der Waals surface area contributed by atoms with Gasteiger partial charge in [-0.05, 0) is 37.0 Å². The SMILES string of the molecule is CCc1ccc(OCC(=O)N2CC(N)CCC2C(F)(F)F)cc1. The third-order valence-corrected chi connectivity index (χ3v) is 4.01. The molecule has 1 aromatic rings. The molecule has 0 radical (unpaired) electrons. The van der Waals surface area contributed by atoms with E-state index in [1.54, 1.807) is 12.1 Å². The molecular weight excluding hydrogens is 309 g/mol. The van der Waals surface area contributed by atoms with Crippen molar-refractivity contribution in [2.45, 2.75) is 44.4 Å². The molecule has 1 heterocycles. The molecule has 0 aromatic heterocycles. The predicted molar refractivity (Wildman–Crippen MR) is 80.1 cm³/mol. The van der Waals surface area contributed by atoms with Gasteiger partial charge in [-0.25, -0.2) is 0 Å². The summed E-state index contributed by atoms with van der Waals surface area (Å²) in [5, 5.41) is 0. The minimum Gasteiger partial charge on any atom is -0.484 e. The van der Waals surface area contributed by atoms with Crippen LogP contribution in [0.5, 0.6) is 5.75 Å². The van der Waals surface area contributed by atoms with Gasteiger partial charge < -0.3 is 15.4 Å². The molecule has 23 heavy (non-hydrogen) atoms. The maximum atomic E-state index is 13.0. The molecule has 4 nitrogen and oxygen atoms in total. The van der Waals surface area contributed by atoms with Crippen LogP contribution in [0, 0.1) is 0 Å². The van der Waals surface area contributed by atoms with Crippen LogP contribution < -0.4 is 10.5 Å². The first-order valence-corrected chi connectivity index (χ1v) is 7.64. The second kappa shape index (κ2) is 7.21. The molecule has 2 N–H and O–H groups in total. The molecular formula is C16H21F3N2O2. The van der Waals surface area contributed by atoms with Gasteiger partial charge in [-0.3, -0.25) is 4.79 Å². The molecule has 1 aliphatic rings. The van der Waals surface area contributed by atoms with Gasteiger partial charge >= 0.3 is 6.18 Å². The number of ether oxygens (including phenoxy) is 1. The Hall–Kier alpha value is -1.76. The summed E-state index contributed by atoms with van der Waals surface area (Å²) in [5.74, 6) is -0.234. The summed E-state index contributed by atoms with van der Waals surface area (Å²) in [4.78, 5) is 12.9. The minimum absolute atomic E-state index is 0.0961. The highest BCUT2D eigenvalue weighted by Gasteiger charge is 2.47. The molecule has 1 fully saturated rings. The highest BCUT2D eigenvalue weighted by Crippen LogP contribution is 2.31. The number of benzene rings is 1. The van der Waals surface area contributed by atoms with Gasteiger partial charge in [0.2, 0.25) is 0 Å². The zero-order chi connectivity index (χ0) is 17.0. The summed E-state index contributed by atoms with van der Waals surface area (Å²) in [6.07, 6.45) is -3.48. The lowest BCUT2D eigenvalue weighted by Crippen LogP contribution is -2.57. The number of carbonyl (C=O) groups is 1. The van der Waals surface area contributed by atoms with E-state index in [0.29, 0.717) is 5.75 Å². The molecule has 2 atom stereocenters. The number of amides is 1. The Morgan fingerprint density at radius 2 is 1.96 bits per heavy atom. The van der Waals surface area contributed by atoms with Crippen LogP contribution >= 0.6 is 0 Å². The van der Waals surface area contributed by atoms with Crippen LogP contribution in [0.3, 0.4) is 0 Å². The first kappa shape index (κ1) is 17.6. The largest absolute Gasteiger partial charge is 0.484 e. The van der Waals surface area contributed by atoms with E-state index in [2.05, 4.69) is 0 Å². The Labute approximate surface area is 133 Å². The van der Waals surface area contributed by atoms with E-state index in [1.807, 2.05) is 19.1 Å². The molecule has 128 valence electrons. The van der Waals surface area contributed by atoms with Crippen molar-refractivity contribution in [2.75, 3.05) is 13.2 Å². The van der Waals surface area contributed by atoms with E-state index in [-0.39, 0.29) is 19.4 Å². The van der Waals surface area contributed by atoms with Crippen LogP contribution in [0.15, 0.2) is 24.3 Å². The third kappa shape index (κ3) is 4.60. The first-order valence-electron chi connectivity index (χ1n) is 7.64. The molecule has 0 spiro atoms. The lowest BCUT2D eigenvalue weighted by Gasteiger charge is -2.39. The van der Waals surface area contributed by atoms with Crippen molar-refractivity contribution in [3.63, 3.8) is 0 Å². The number of hydrogen-bond donors (Lipinski definition) is 1. The van der Waals surface area contributed by atoms with E-state index < -0.39 is 30.8 Å². The molecule has 2 rings (SSSR count). The van der Waals surface area contributed by atoms with Crippen LogP contribution in [0.2, 0.25) is 0 Å². The summed E-state index contributed by atoms with van der Waals surface area (Å²) in [7, 11) is 0. The molecule has 1 aromatic carbocycles. The number of alkyl halides is 3. The van der Waals surface area contributed by atoms with Crippen molar-refractivity contribution < 1.29 is 22.7 Å². The van der Waals surface area contributed by atoms with Crippen molar-refractivity contribution in [1.82, 2.24) is 4.90 Å². The van der Waals surface area contributed by atoms with Crippen LogP contribution in [0.4, 0.5) is 13.2 Å². The number of nitrogens with two attached hydrogens (primary N) is 1. The smallest absolute Gasteiger partial charge is 0.408 e. The Kier molecular flexibility index (Phi) is 5.51. The van der Waals surface area contributed by atoms with Crippen LogP contribution in [-0.4, -0.2) is 42.2 Å². The summed E-state index contributed by atoms with van der Waals surface area (Å²) in [6.45, 7) is 1.49. The Balaban J connectivity index is 1.99. The van der Waals surface area contributed by atoms with Gasteiger partial charge in [-0.2, -0.15) is 13.2 Å². The Morgan fingerprint density at radius 3 is 2.52 bits per heavy atom. The Morgan fingerprint density at radius 1 is 1.30 bits per heavy atom. The van der Waals surface area contributed by atoms with Gasteiger partial charge in [0.05, 0.1) is 0 Å². The van der Waals surface area contributed by atoms with E-state index in [1.165, 1.54) is 0 Å². The molecule has 2 unspecified atom stereocenters. The van der Waals surface area contributed by atoms with Crippen molar-refractivity contribution in [2.24, 2.45) is 5.73 Å². The second-order valence-corrected chi connectivity index (χ2v) is 5.73. The summed E-state index contributed by atoms with van der Waals surface area (Å²) in [6, 6.07) is 4.91. The highest BCUT2D eigenvalue weighted by atomic mass is 19.4. The number of nitrogens with zero attached hydrogens (tertiary/aromatic N) is 1. The number of halogens is 3. The van der Waals surface area contributed by atoms with Crippen molar-refractivity contribution >= 4 is 5.91 Å². The maximum Gasteiger partial charge on any atom is 0.408 e. The zero-order valence-electron chi connectivity index (χ0n) is 13.0. The number of hydrogen-bond acceptors (Lipinski definition) is 3. The summed E-state index contributed by atoms with van der Waals surface area (Å²) in [5.41, 5.74) is 6.82. The van der Waals surface area contributed by atoms with E-state index in [0.717, 1.165) is 16.9 Å². The Bertz CT molecular complexity index is 531. The zero-order valence-corrected chi connectivity index (χ0v) is 13.0. The lowest BCUT2D eigenvalue weighted by atomic mass is 9.98. The van der Waals surface area contributed by atoms with Gasteiger partial charge in [0.25, 0.3) is 5.91 Å². The number of carbonyl (C=O) groups excluding carboxylic acids is 1. The van der Waals surface area contributed by atoms with Gasteiger partial charge in [-0.1, -0.05) is 19.1 Å². The fourth-order valence-electron chi connectivity index (χ4n) is 2.66.